The SMILES string of the molecule is O=C(OC(=O)c1cc(Cl)cc2ccccc12)c1cc(Cl)cc2ccccc12. The van der Waals surface area contributed by atoms with Gasteiger partial charge in [-0.05, 0) is 45.8 Å². The van der Waals surface area contributed by atoms with Gasteiger partial charge in [-0.3, -0.25) is 0 Å². The van der Waals surface area contributed by atoms with Crippen LogP contribution in [0.4, 0.5) is 0 Å². The average molecular weight is 395 g/mol. The van der Waals surface area contributed by atoms with Crippen LogP contribution in [-0.2, 0) is 4.74 Å². The zero-order valence-corrected chi connectivity index (χ0v) is 15.4. The van der Waals surface area contributed by atoms with Gasteiger partial charge in [0.05, 0.1) is 11.1 Å². The van der Waals surface area contributed by atoms with Crippen LogP contribution >= 0.6 is 23.2 Å². The van der Waals surface area contributed by atoms with Gasteiger partial charge in [-0.2, -0.15) is 0 Å². The molecule has 27 heavy (non-hydrogen) atoms. The number of hydrogen-bond acceptors (Lipinski definition) is 3. The number of halogens is 2. The summed E-state index contributed by atoms with van der Waals surface area (Å²) in [5.41, 5.74) is 0.468. The molecule has 0 heterocycles. The summed E-state index contributed by atoms with van der Waals surface area (Å²) in [5.74, 6) is -1.52. The number of benzene rings is 4. The zero-order chi connectivity index (χ0) is 19.0. The van der Waals surface area contributed by atoms with Crippen LogP contribution in [0, 0.1) is 0 Å². The highest BCUT2D eigenvalue weighted by atomic mass is 35.5. The molecular formula is C22H12Cl2O3. The van der Waals surface area contributed by atoms with Crippen molar-refractivity contribution in [3.05, 3.63) is 94.0 Å². The van der Waals surface area contributed by atoms with Crippen molar-refractivity contribution in [1.82, 2.24) is 0 Å². The van der Waals surface area contributed by atoms with E-state index in [2.05, 4.69) is 0 Å². The van der Waals surface area contributed by atoms with Gasteiger partial charge in [-0.1, -0.05) is 71.7 Å². The van der Waals surface area contributed by atoms with Gasteiger partial charge in [0.15, 0.2) is 0 Å². The molecular weight excluding hydrogens is 383 g/mol. The van der Waals surface area contributed by atoms with Crippen molar-refractivity contribution in [2.75, 3.05) is 0 Å². The molecule has 132 valence electrons. The Bertz CT molecular complexity index is 1120. The number of carbonyl (C=O) groups is 2. The zero-order valence-electron chi connectivity index (χ0n) is 13.9. The van der Waals surface area contributed by atoms with Gasteiger partial charge in [-0.25, -0.2) is 9.59 Å². The average Bonchev–Trinajstić information content (AvgIpc) is 2.66. The molecule has 0 unspecified atom stereocenters. The molecule has 0 aliphatic carbocycles. The predicted octanol–water partition coefficient (Wildman–Crippen LogP) is 6.30. The molecule has 0 bridgehead atoms. The molecule has 0 saturated heterocycles. The van der Waals surface area contributed by atoms with Crippen molar-refractivity contribution in [2.45, 2.75) is 0 Å². The second-order valence-electron chi connectivity index (χ2n) is 6.03. The van der Waals surface area contributed by atoms with Crippen LogP contribution in [0.3, 0.4) is 0 Å². The highest BCUT2D eigenvalue weighted by molar-refractivity contribution is 6.33. The topological polar surface area (TPSA) is 43.4 Å². The predicted molar refractivity (Wildman–Crippen MR) is 108 cm³/mol. The molecule has 0 saturated carbocycles. The Balaban J connectivity index is 1.74. The van der Waals surface area contributed by atoms with E-state index in [1.165, 1.54) is 12.1 Å². The number of rotatable bonds is 2. The summed E-state index contributed by atoms with van der Waals surface area (Å²) in [6.07, 6.45) is 0. The molecule has 0 amide bonds. The molecule has 0 aliphatic rings. The van der Waals surface area contributed by atoms with Crippen molar-refractivity contribution in [3.8, 4) is 0 Å². The van der Waals surface area contributed by atoms with E-state index in [9.17, 15) is 9.59 Å². The third kappa shape index (κ3) is 3.39. The Labute approximate surface area is 165 Å². The van der Waals surface area contributed by atoms with E-state index >= 15 is 0 Å². The monoisotopic (exact) mass is 394 g/mol. The second kappa shape index (κ2) is 7.03. The van der Waals surface area contributed by atoms with Crippen LogP contribution in [0.2, 0.25) is 10.0 Å². The first kappa shape index (κ1) is 17.5. The van der Waals surface area contributed by atoms with Gasteiger partial charge in [0.1, 0.15) is 0 Å². The fraction of sp³-hybridized carbons (Fsp3) is 0. The van der Waals surface area contributed by atoms with E-state index in [0.717, 1.165) is 10.8 Å². The molecule has 4 aromatic rings. The van der Waals surface area contributed by atoms with Gasteiger partial charge >= 0.3 is 11.9 Å². The Morgan fingerprint density at radius 2 is 1.04 bits per heavy atom. The maximum atomic E-state index is 12.7. The van der Waals surface area contributed by atoms with Crippen molar-refractivity contribution < 1.29 is 14.3 Å². The summed E-state index contributed by atoms with van der Waals surface area (Å²) >= 11 is 12.2. The third-order valence-electron chi connectivity index (χ3n) is 4.28. The Morgan fingerprint density at radius 1 is 0.630 bits per heavy atom. The van der Waals surface area contributed by atoms with Crippen LogP contribution in [0.5, 0.6) is 0 Å². The van der Waals surface area contributed by atoms with E-state index < -0.39 is 11.9 Å². The molecule has 0 aromatic heterocycles. The highest BCUT2D eigenvalue weighted by Gasteiger charge is 2.20. The quantitative estimate of drug-likeness (QED) is 0.296. The highest BCUT2D eigenvalue weighted by Crippen LogP contribution is 2.27. The smallest absolute Gasteiger partial charge is 0.346 e. The third-order valence-corrected chi connectivity index (χ3v) is 4.71. The van der Waals surface area contributed by atoms with Crippen LogP contribution in [0.15, 0.2) is 72.8 Å². The van der Waals surface area contributed by atoms with Crippen molar-refractivity contribution in [2.24, 2.45) is 0 Å². The van der Waals surface area contributed by atoms with Gasteiger partial charge in [0.25, 0.3) is 0 Å². The van der Waals surface area contributed by atoms with E-state index in [1.54, 1.807) is 36.4 Å². The normalized spacial score (nSPS) is 10.9. The molecule has 0 spiro atoms. The standard InChI is InChI=1S/C22H12Cl2O3/c23-15-9-13-5-1-3-7-17(13)19(11-15)21(25)27-22(26)20-12-16(24)10-14-6-2-4-8-18(14)20/h1-12H. The number of fused-ring (bicyclic) bond motifs is 2. The molecule has 3 nitrogen and oxygen atoms in total. The molecule has 0 fully saturated rings. The van der Waals surface area contributed by atoms with E-state index in [1.807, 2.05) is 24.3 Å². The number of hydrogen-bond donors (Lipinski definition) is 0. The molecule has 4 aromatic carbocycles. The summed E-state index contributed by atoms with van der Waals surface area (Å²) in [6.45, 7) is 0. The van der Waals surface area contributed by atoms with Gasteiger partial charge in [0, 0.05) is 10.0 Å². The van der Waals surface area contributed by atoms with Crippen LogP contribution in [0.25, 0.3) is 21.5 Å². The molecule has 0 atom stereocenters. The fourth-order valence-corrected chi connectivity index (χ4v) is 3.53. The Kier molecular flexibility index (Phi) is 4.56. The summed E-state index contributed by atoms with van der Waals surface area (Å²) in [7, 11) is 0. The van der Waals surface area contributed by atoms with E-state index in [4.69, 9.17) is 27.9 Å². The minimum atomic E-state index is -0.761. The Morgan fingerprint density at radius 3 is 1.48 bits per heavy atom. The van der Waals surface area contributed by atoms with Crippen LogP contribution in [-0.4, -0.2) is 11.9 Å². The maximum Gasteiger partial charge on any atom is 0.346 e. The molecule has 5 heteroatoms. The van der Waals surface area contributed by atoms with Crippen LogP contribution < -0.4 is 0 Å². The molecule has 4 rings (SSSR count). The van der Waals surface area contributed by atoms with Crippen molar-refractivity contribution in [1.29, 1.82) is 0 Å². The Hall–Kier alpha value is -2.88. The molecule has 0 N–H and O–H groups in total. The fourth-order valence-electron chi connectivity index (χ4n) is 3.08. The first-order chi connectivity index (χ1) is 13.0. The van der Waals surface area contributed by atoms with Crippen molar-refractivity contribution in [3.63, 3.8) is 0 Å². The van der Waals surface area contributed by atoms with E-state index in [0.29, 0.717) is 20.8 Å². The molecule has 0 radical (unpaired) electrons. The summed E-state index contributed by atoms with van der Waals surface area (Å²) in [5, 5.41) is 3.68. The first-order valence-electron chi connectivity index (χ1n) is 8.16. The number of esters is 2. The lowest BCUT2D eigenvalue weighted by Gasteiger charge is -2.09. The summed E-state index contributed by atoms with van der Waals surface area (Å²) in [4.78, 5) is 25.4. The molecule has 0 aliphatic heterocycles. The number of carbonyl (C=O) groups excluding carboxylic acids is 2. The summed E-state index contributed by atoms with van der Waals surface area (Å²) in [6, 6.07) is 21.0. The minimum Gasteiger partial charge on any atom is -0.386 e. The van der Waals surface area contributed by atoms with Crippen molar-refractivity contribution >= 4 is 56.7 Å². The summed E-state index contributed by atoms with van der Waals surface area (Å²) < 4.78 is 5.15. The lowest BCUT2D eigenvalue weighted by molar-refractivity contribution is 0.0400. The van der Waals surface area contributed by atoms with Gasteiger partial charge in [0.2, 0.25) is 0 Å². The number of ether oxygens (including phenoxy) is 1. The van der Waals surface area contributed by atoms with Gasteiger partial charge in [-0.15, -0.1) is 0 Å². The van der Waals surface area contributed by atoms with Crippen LogP contribution in [0.1, 0.15) is 20.7 Å². The lowest BCUT2D eigenvalue weighted by atomic mass is 10.0. The minimum absolute atomic E-state index is 0.234. The first-order valence-corrected chi connectivity index (χ1v) is 8.91. The lowest BCUT2D eigenvalue weighted by Crippen LogP contribution is -2.13. The van der Waals surface area contributed by atoms with Gasteiger partial charge < -0.3 is 4.74 Å². The van der Waals surface area contributed by atoms with E-state index in [-0.39, 0.29) is 11.1 Å². The largest absolute Gasteiger partial charge is 0.386 e. The second-order valence-corrected chi connectivity index (χ2v) is 6.90. The maximum absolute atomic E-state index is 12.7.